The molecule has 1 aliphatic carbocycles. The average molecular weight is 307 g/mol. The summed E-state index contributed by atoms with van der Waals surface area (Å²) in [5, 5.41) is 3.13. The molecule has 3 nitrogen and oxygen atoms in total. The van der Waals surface area contributed by atoms with E-state index in [0.717, 1.165) is 12.8 Å². The Labute approximate surface area is 132 Å². The average Bonchev–Trinajstić information content (AvgIpc) is 2.49. The Morgan fingerprint density at radius 3 is 2.36 bits per heavy atom. The lowest BCUT2D eigenvalue weighted by molar-refractivity contribution is -0.129. The van der Waals surface area contributed by atoms with Crippen molar-refractivity contribution in [3.05, 3.63) is 30.1 Å². The van der Waals surface area contributed by atoms with Crippen LogP contribution in [0.2, 0.25) is 0 Å². The molecule has 1 N–H and O–H groups in total. The minimum atomic E-state index is -0.518. The predicted octanol–water partition coefficient (Wildman–Crippen LogP) is 4.21. The summed E-state index contributed by atoms with van der Waals surface area (Å²) in [4.78, 5) is 12.4. The molecule has 0 spiro atoms. The van der Waals surface area contributed by atoms with Crippen LogP contribution in [-0.2, 0) is 4.79 Å². The molecule has 0 aromatic heterocycles. The first-order chi connectivity index (χ1) is 10.7. The fourth-order valence-corrected chi connectivity index (χ4v) is 2.89. The smallest absolute Gasteiger partial charge is 0.261 e. The van der Waals surface area contributed by atoms with Crippen LogP contribution < -0.4 is 10.1 Å². The van der Waals surface area contributed by atoms with E-state index in [4.69, 9.17) is 4.74 Å². The second kappa shape index (κ2) is 8.76. The van der Waals surface area contributed by atoms with E-state index in [1.54, 1.807) is 12.1 Å². The topological polar surface area (TPSA) is 38.3 Å². The van der Waals surface area contributed by atoms with Gasteiger partial charge in [-0.15, -0.1) is 0 Å². The summed E-state index contributed by atoms with van der Waals surface area (Å²) in [6.07, 6.45) is 8.38. The van der Waals surface area contributed by atoms with Crippen LogP contribution in [0.25, 0.3) is 0 Å². The van der Waals surface area contributed by atoms with E-state index in [1.165, 1.54) is 44.2 Å². The lowest BCUT2D eigenvalue weighted by atomic mass is 9.96. The zero-order valence-electron chi connectivity index (χ0n) is 13.3. The maximum atomic E-state index is 12.9. The zero-order chi connectivity index (χ0) is 15.8. The molecule has 4 heteroatoms. The van der Waals surface area contributed by atoms with Gasteiger partial charge in [0.05, 0.1) is 0 Å². The molecule has 0 saturated heterocycles. The van der Waals surface area contributed by atoms with Crippen LogP contribution in [0.3, 0.4) is 0 Å². The molecule has 1 saturated carbocycles. The van der Waals surface area contributed by atoms with Gasteiger partial charge in [0.1, 0.15) is 11.6 Å². The second-order valence-electron chi connectivity index (χ2n) is 6.02. The lowest BCUT2D eigenvalue weighted by Crippen LogP contribution is -2.43. The van der Waals surface area contributed by atoms with Crippen molar-refractivity contribution in [2.24, 2.45) is 0 Å². The summed E-state index contributed by atoms with van der Waals surface area (Å²) in [5.74, 6) is 0.165. The number of carbonyl (C=O) groups is 1. The predicted molar refractivity (Wildman–Crippen MR) is 85.4 cm³/mol. The molecule has 22 heavy (non-hydrogen) atoms. The Hall–Kier alpha value is -1.58. The number of carbonyl (C=O) groups excluding carboxylic acids is 1. The summed E-state index contributed by atoms with van der Waals surface area (Å²) >= 11 is 0. The van der Waals surface area contributed by atoms with Crippen molar-refractivity contribution in [2.45, 2.75) is 70.4 Å². The highest BCUT2D eigenvalue weighted by Crippen LogP contribution is 2.18. The quantitative estimate of drug-likeness (QED) is 0.885. The molecule has 1 aliphatic rings. The Morgan fingerprint density at radius 1 is 1.18 bits per heavy atom. The lowest BCUT2D eigenvalue weighted by Gasteiger charge is -2.24. The third kappa shape index (κ3) is 5.32. The highest BCUT2D eigenvalue weighted by molar-refractivity contribution is 5.81. The molecular weight excluding hydrogens is 281 g/mol. The minimum Gasteiger partial charge on any atom is -0.481 e. The molecule has 1 amide bonds. The number of hydrogen-bond acceptors (Lipinski definition) is 2. The van der Waals surface area contributed by atoms with Crippen LogP contribution in [-0.4, -0.2) is 18.1 Å². The summed E-state index contributed by atoms with van der Waals surface area (Å²) < 4.78 is 18.6. The molecule has 1 fully saturated rings. The SMILES string of the molecule is CCC(Oc1ccc(F)cc1)C(=O)NC1CCCCCCC1. The van der Waals surface area contributed by atoms with Gasteiger partial charge in [-0.3, -0.25) is 4.79 Å². The van der Waals surface area contributed by atoms with Crippen LogP contribution >= 0.6 is 0 Å². The van der Waals surface area contributed by atoms with Crippen LogP contribution in [0.1, 0.15) is 58.3 Å². The molecule has 1 atom stereocenters. The molecule has 0 bridgehead atoms. The number of hydrogen-bond donors (Lipinski definition) is 1. The maximum Gasteiger partial charge on any atom is 0.261 e. The molecule has 0 radical (unpaired) electrons. The van der Waals surface area contributed by atoms with Gasteiger partial charge in [0.25, 0.3) is 5.91 Å². The molecule has 122 valence electrons. The van der Waals surface area contributed by atoms with E-state index < -0.39 is 6.10 Å². The Balaban J connectivity index is 1.88. The highest BCUT2D eigenvalue weighted by Gasteiger charge is 2.22. The highest BCUT2D eigenvalue weighted by atomic mass is 19.1. The number of nitrogens with one attached hydrogen (secondary N) is 1. The normalized spacial score (nSPS) is 18.1. The van der Waals surface area contributed by atoms with Gasteiger partial charge < -0.3 is 10.1 Å². The van der Waals surface area contributed by atoms with E-state index in [9.17, 15) is 9.18 Å². The third-order valence-corrected chi connectivity index (χ3v) is 4.21. The molecule has 1 aromatic carbocycles. The molecule has 0 heterocycles. The molecule has 2 rings (SSSR count). The van der Waals surface area contributed by atoms with E-state index in [0.29, 0.717) is 12.2 Å². The first-order valence-electron chi connectivity index (χ1n) is 8.41. The Kier molecular flexibility index (Phi) is 6.69. The molecular formula is C18H26FNO2. The van der Waals surface area contributed by atoms with Gasteiger partial charge in [0.15, 0.2) is 6.10 Å². The first kappa shape index (κ1) is 16.8. The maximum absolute atomic E-state index is 12.9. The van der Waals surface area contributed by atoms with Crippen molar-refractivity contribution in [3.8, 4) is 5.75 Å². The van der Waals surface area contributed by atoms with Crippen molar-refractivity contribution in [1.82, 2.24) is 5.32 Å². The van der Waals surface area contributed by atoms with Gasteiger partial charge in [-0.1, -0.05) is 39.0 Å². The van der Waals surface area contributed by atoms with Gasteiger partial charge in [-0.25, -0.2) is 4.39 Å². The van der Waals surface area contributed by atoms with Crippen LogP contribution in [0.4, 0.5) is 4.39 Å². The minimum absolute atomic E-state index is 0.0580. The Bertz CT molecular complexity index is 453. The fourth-order valence-electron chi connectivity index (χ4n) is 2.89. The number of rotatable bonds is 5. The summed E-state index contributed by atoms with van der Waals surface area (Å²) in [6, 6.07) is 6.06. The van der Waals surface area contributed by atoms with E-state index in [1.807, 2.05) is 6.92 Å². The van der Waals surface area contributed by atoms with E-state index >= 15 is 0 Å². The van der Waals surface area contributed by atoms with Crippen LogP contribution in [0.5, 0.6) is 5.75 Å². The third-order valence-electron chi connectivity index (χ3n) is 4.21. The number of halogens is 1. The largest absolute Gasteiger partial charge is 0.481 e. The first-order valence-corrected chi connectivity index (χ1v) is 8.41. The molecule has 0 aliphatic heterocycles. The molecule has 1 aromatic rings. The van der Waals surface area contributed by atoms with Crippen molar-refractivity contribution < 1.29 is 13.9 Å². The number of amides is 1. The van der Waals surface area contributed by atoms with Gasteiger partial charge in [0.2, 0.25) is 0 Å². The Morgan fingerprint density at radius 2 is 1.77 bits per heavy atom. The summed E-state index contributed by atoms with van der Waals surface area (Å²) in [7, 11) is 0. The van der Waals surface area contributed by atoms with Gasteiger partial charge in [-0.05, 0) is 43.5 Å². The number of ether oxygens (including phenoxy) is 1. The second-order valence-corrected chi connectivity index (χ2v) is 6.02. The molecule has 1 unspecified atom stereocenters. The van der Waals surface area contributed by atoms with Crippen LogP contribution in [0, 0.1) is 5.82 Å². The number of benzene rings is 1. The van der Waals surface area contributed by atoms with Crippen molar-refractivity contribution in [2.75, 3.05) is 0 Å². The van der Waals surface area contributed by atoms with Gasteiger partial charge >= 0.3 is 0 Å². The summed E-state index contributed by atoms with van der Waals surface area (Å²) in [5.41, 5.74) is 0. The van der Waals surface area contributed by atoms with E-state index in [-0.39, 0.29) is 17.8 Å². The van der Waals surface area contributed by atoms with Crippen molar-refractivity contribution in [3.63, 3.8) is 0 Å². The zero-order valence-corrected chi connectivity index (χ0v) is 13.3. The standard InChI is InChI=1S/C18H26FNO2/c1-2-17(22-16-12-10-14(19)11-13-16)18(21)20-15-8-6-4-3-5-7-9-15/h10-13,15,17H,2-9H2,1H3,(H,20,21). The van der Waals surface area contributed by atoms with E-state index in [2.05, 4.69) is 5.32 Å². The summed E-state index contributed by atoms with van der Waals surface area (Å²) in [6.45, 7) is 1.92. The van der Waals surface area contributed by atoms with Crippen LogP contribution in [0.15, 0.2) is 24.3 Å². The monoisotopic (exact) mass is 307 g/mol. The van der Waals surface area contributed by atoms with Gasteiger partial charge in [-0.2, -0.15) is 0 Å². The van der Waals surface area contributed by atoms with Crippen molar-refractivity contribution >= 4 is 5.91 Å². The van der Waals surface area contributed by atoms with Gasteiger partial charge in [0, 0.05) is 6.04 Å². The fraction of sp³-hybridized carbons (Fsp3) is 0.611. The van der Waals surface area contributed by atoms with Crippen molar-refractivity contribution in [1.29, 1.82) is 0 Å².